The summed E-state index contributed by atoms with van der Waals surface area (Å²) >= 11 is 0. The molecule has 0 radical (unpaired) electrons. The molecule has 1 aliphatic heterocycles. The molecule has 4 aliphatic rings. The zero-order valence-electron chi connectivity index (χ0n) is 17.4. The van der Waals surface area contributed by atoms with Crippen LogP contribution in [0.15, 0.2) is 0 Å². The maximum atomic E-state index is 13.4. The summed E-state index contributed by atoms with van der Waals surface area (Å²) in [7, 11) is 0. The summed E-state index contributed by atoms with van der Waals surface area (Å²) < 4.78 is 6.12. The summed E-state index contributed by atoms with van der Waals surface area (Å²) in [5, 5.41) is 0. The van der Waals surface area contributed by atoms with E-state index in [0.29, 0.717) is 22.8 Å². The van der Waals surface area contributed by atoms with Crippen LogP contribution in [0.1, 0.15) is 92.9 Å². The molecule has 0 aromatic rings. The molecule has 0 spiro atoms. The van der Waals surface area contributed by atoms with Gasteiger partial charge in [-0.1, -0.05) is 20.8 Å². The average molecular weight is 350 g/mol. The summed E-state index contributed by atoms with van der Waals surface area (Å²) in [6.07, 6.45) is 9.36. The number of rotatable bonds is 2. The molecule has 4 rings (SSSR count). The van der Waals surface area contributed by atoms with Crippen molar-refractivity contribution < 1.29 is 9.53 Å². The van der Waals surface area contributed by atoms with Crippen LogP contribution in [0.3, 0.4) is 0 Å². The first-order valence-electron chi connectivity index (χ1n) is 10.4. The van der Waals surface area contributed by atoms with Gasteiger partial charge in [0.1, 0.15) is 0 Å². The van der Waals surface area contributed by atoms with E-state index < -0.39 is 0 Å². The first-order valence-corrected chi connectivity index (χ1v) is 10.4. The van der Waals surface area contributed by atoms with E-state index >= 15 is 0 Å². The van der Waals surface area contributed by atoms with Crippen LogP contribution in [0.4, 0.5) is 0 Å². The molecule has 144 valence electrons. The molecule has 3 nitrogen and oxygen atoms in total. The minimum Gasteiger partial charge on any atom is -0.372 e. The van der Waals surface area contributed by atoms with Crippen LogP contribution in [-0.4, -0.2) is 35.6 Å². The van der Waals surface area contributed by atoms with Gasteiger partial charge in [0, 0.05) is 18.5 Å². The molecule has 1 amide bonds. The van der Waals surface area contributed by atoms with Crippen molar-refractivity contribution in [1.82, 2.24) is 4.90 Å². The molecule has 3 saturated carbocycles. The number of fused-ring (bicyclic) bond motifs is 3. The Morgan fingerprint density at radius 3 is 1.76 bits per heavy atom. The third-order valence-corrected chi connectivity index (χ3v) is 7.54. The Kier molecular flexibility index (Phi) is 4.80. The molecular weight excluding hydrogens is 310 g/mol. The third kappa shape index (κ3) is 3.63. The molecule has 0 aromatic heterocycles. The lowest BCUT2D eigenvalue weighted by atomic mass is 9.46. The lowest BCUT2D eigenvalue weighted by Crippen LogP contribution is -2.56. The van der Waals surface area contributed by atoms with Gasteiger partial charge in [-0.05, 0) is 83.0 Å². The summed E-state index contributed by atoms with van der Waals surface area (Å²) in [6, 6.07) is 0. The molecule has 4 fully saturated rings. The second kappa shape index (κ2) is 6.25. The van der Waals surface area contributed by atoms with Gasteiger partial charge in [0.2, 0.25) is 5.91 Å². The highest BCUT2D eigenvalue weighted by molar-refractivity contribution is 5.83. The Bertz CT molecular complexity index is 479. The largest absolute Gasteiger partial charge is 0.372 e. The Balaban J connectivity index is 1.59. The molecule has 1 saturated heterocycles. The zero-order valence-corrected chi connectivity index (χ0v) is 17.4. The van der Waals surface area contributed by atoms with Crippen molar-refractivity contribution in [3.05, 3.63) is 0 Å². The van der Waals surface area contributed by atoms with Crippen molar-refractivity contribution in [2.45, 2.75) is 105 Å². The van der Waals surface area contributed by atoms with E-state index in [1.807, 2.05) is 0 Å². The van der Waals surface area contributed by atoms with Crippen LogP contribution in [0, 0.1) is 16.2 Å². The smallest absolute Gasteiger partial charge is 0.228 e. The van der Waals surface area contributed by atoms with Crippen molar-refractivity contribution in [3.63, 3.8) is 0 Å². The average Bonchev–Trinajstić information content (AvgIpc) is 2.54. The fourth-order valence-electron chi connectivity index (χ4n) is 5.64. The van der Waals surface area contributed by atoms with Crippen molar-refractivity contribution in [3.8, 4) is 0 Å². The number of hydrogen-bond donors (Lipinski definition) is 0. The lowest BCUT2D eigenvalue weighted by Gasteiger charge is -2.59. The fraction of sp³-hybridized carbons (Fsp3) is 0.955. The lowest BCUT2D eigenvalue weighted by molar-refractivity contribution is -0.161. The van der Waals surface area contributed by atoms with E-state index in [2.05, 4.69) is 46.4 Å². The predicted molar refractivity (Wildman–Crippen MR) is 102 cm³/mol. The molecule has 0 unspecified atom stereocenters. The van der Waals surface area contributed by atoms with Gasteiger partial charge in [-0.15, -0.1) is 0 Å². The van der Waals surface area contributed by atoms with Gasteiger partial charge in [-0.3, -0.25) is 4.79 Å². The van der Waals surface area contributed by atoms with Crippen molar-refractivity contribution >= 4 is 5.91 Å². The molecule has 3 aliphatic carbocycles. The number of piperidine rings is 1. The molecule has 0 atom stereocenters. The van der Waals surface area contributed by atoms with Crippen molar-refractivity contribution in [2.75, 3.05) is 13.1 Å². The van der Waals surface area contributed by atoms with Gasteiger partial charge in [-0.25, -0.2) is 0 Å². The van der Waals surface area contributed by atoms with Crippen LogP contribution < -0.4 is 0 Å². The minimum absolute atomic E-state index is 0.0370. The maximum absolute atomic E-state index is 13.4. The monoisotopic (exact) mass is 349 g/mol. The Morgan fingerprint density at radius 2 is 1.36 bits per heavy atom. The van der Waals surface area contributed by atoms with Gasteiger partial charge >= 0.3 is 0 Å². The Labute approximate surface area is 154 Å². The second-order valence-electron chi connectivity index (χ2n) is 11.0. The summed E-state index contributed by atoms with van der Waals surface area (Å²) in [5.41, 5.74) is 0.719. The highest BCUT2D eigenvalue weighted by atomic mass is 16.5. The summed E-state index contributed by atoms with van der Waals surface area (Å²) in [6.45, 7) is 15.3. The second-order valence-corrected chi connectivity index (χ2v) is 11.0. The molecular formula is C22H39NO2. The number of nitrogens with zero attached hydrogens (tertiary/aromatic N) is 1. The minimum atomic E-state index is -0.0848. The van der Waals surface area contributed by atoms with E-state index in [-0.39, 0.29) is 11.0 Å². The molecule has 1 heterocycles. The van der Waals surface area contributed by atoms with E-state index in [1.54, 1.807) is 0 Å². The number of hydrogen-bond acceptors (Lipinski definition) is 2. The van der Waals surface area contributed by atoms with Gasteiger partial charge in [-0.2, -0.15) is 0 Å². The molecule has 0 aromatic carbocycles. The number of carbonyl (C=O) groups is 1. The quantitative estimate of drug-likeness (QED) is 0.687. The van der Waals surface area contributed by atoms with Crippen LogP contribution in [-0.2, 0) is 9.53 Å². The molecule has 0 N–H and O–H groups in total. The van der Waals surface area contributed by atoms with E-state index in [9.17, 15) is 4.79 Å². The van der Waals surface area contributed by atoms with Gasteiger partial charge in [0.25, 0.3) is 0 Å². The van der Waals surface area contributed by atoms with E-state index in [0.717, 1.165) is 45.2 Å². The van der Waals surface area contributed by atoms with Crippen LogP contribution in [0.2, 0.25) is 0 Å². The van der Waals surface area contributed by atoms with E-state index in [4.69, 9.17) is 4.74 Å². The highest BCUT2D eigenvalue weighted by Gasteiger charge is 2.56. The number of ether oxygens (including phenoxy) is 1. The normalized spacial score (nSPS) is 34.4. The number of likely N-dealkylation sites (tertiary alicyclic amines) is 1. The SMILES string of the molecule is CC(C)(C)OC1CCN(C(=O)C23CCC(C(C)(C)C)(CC2)CC3)CC1. The van der Waals surface area contributed by atoms with Crippen LogP contribution >= 0.6 is 0 Å². The Hall–Kier alpha value is -0.570. The molecule has 2 bridgehead atoms. The topological polar surface area (TPSA) is 29.5 Å². The van der Waals surface area contributed by atoms with Crippen LogP contribution in [0.5, 0.6) is 0 Å². The van der Waals surface area contributed by atoms with Gasteiger partial charge in [0.15, 0.2) is 0 Å². The van der Waals surface area contributed by atoms with Gasteiger partial charge < -0.3 is 9.64 Å². The van der Waals surface area contributed by atoms with Crippen LogP contribution in [0.25, 0.3) is 0 Å². The standard InChI is InChI=1S/C22H39NO2/c1-19(2,3)22-12-9-21(10-13-22,11-14-22)18(24)23-15-7-17(8-16-23)25-20(4,5)6/h17H,7-16H2,1-6H3. The maximum Gasteiger partial charge on any atom is 0.228 e. The first-order chi connectivity index (χ1) is 11.5. The fourth-order valence-corrected chi connectivity index (χ4v) is 5.64. The number of carbonyl (C=O) groups excluding carboxylic acids is 1. The molecule has 3 heteroatoms. The first kappa shape index (κ1) is 19.2. The van der Waals surface area contributed by atoms with Crippen molar-refractivity contribution in [2.24, 2.45) is 16.2 Å². The summed E-state index contributed by atoms with van der Waals surface area (Å²) in [4.78, 5) is 15.5. The Morgan fingerprint density at radius 1 is 0.880 bits per heavy atom. The van der Waals surface area contributed by atoms with Gasteiger partial charge in [0.05, 0.1) is 11.7 Å². The zero-order chi connectivity index (χ0) is 18.5. The summed E-state index contributed by atoms with van der Waals surface area (Å²) in [5.74, 6) is 0.462. The van der Waals surface area contributed by atoms with E-state index in [1.165, 1.54) is 19.3 Å². The third-order valence-electron chi connectivity index (χ3n) is 7.54. The predicted octanol–water partition coefficient (Wildman–Crippen LogP) is 5.18. The number of amides is 1. The highest BCUT2D eigenvalue weighted by Crippen LogP contribution is 2.63. The van der Waals surface area contributed by atoms with Crippen molar-refractivity contribution in [1.29, 1.82) is 0 Å². The molecule has 25 heavy (non-hydrogen) atoms.